The van der Waals surface area contributed by atoms with Gasteiger partial charge in [0.25, 0.3) is 0 Å². The number of carbonyl (C=O) groups is 1. The predicted octanol–water partition coefficient (Wildman–Crippen LogP) is 1.88. The van der Waals surface area contributed by atoms with Gasteiger partial charge in [0.15, 0.2) is 0 Å². The molecule has 3 heteroatoms. The van der Waals surface area contributed by atoms with Gasteiger partial charge >= 0.3 is 0 Å². The van der Waals surface area contributed by atoms with Crippen LogP contribution in [0.3, 0.4) is 0 Å². The lowest BCUT2D eigenvalue weighted by Gasteiger charge is -2.24. The molecule has 3 nitrogen and oxygen atoms in total. The first-order chi connectivity index (χ1) is 6.72. The highest BCUT2D eigenvalue weighted by Gasteiger charge is 2.14. The summed E-state index contributed by atoms with van der Waals surface area (Å²) in [4.78, 5) is 13.4. The molecule has 0 spiro atoms. The van der Waals surface area contributed by atoms with E-state index in [1.807, 2.05) is 20.9 Å². The van der Waals surface area contributed by atoms with Crippen LogP contribution in [0.2, 0.25) is 0 Å². The zero-order valence-electron chi connectivity index (χ0n) is 11.1. The van der Waals surface area contributed by atoms with Gasteiger partial charge in [0.1, 0.15) is 0 Å². The number of nitrogens with one attached hydrogen (secondary N) is 1. The number of carbonyl (C=O) groups excluding carboxylic acids is 1. The Hall–Kier alpha value is -0.570. The zero-order valence-corrected chi connectivity index (χ0v) is 11.1. The largest absolute Gasteiger partial charge is 0.345 e. The molecule has 0 radical (unpaired) electrons. The molecule has 0 aliphatic heterocycles. The Morgan fingerprint density at radius 2 is 1.87 bits per heavy atom. The number of likely N-dealkylation sites (N-methyl/N-ethyl adjacent to an activating group) is 1. The molecule has 0 aromatic heterocycles. The third-order valence-electron chi connectivity index (χ3n) is 2.28. The van der Waals surface area contributed by atoms with Gasteiger partial charge in [-0.15, -0.1) is 0 Å². The van der Waals surface area contributed by atoms with E-state index in [9.17, 15) is 4.79 Å². The van der Waals surface area contributed by atoms with Gasteiger partial charge in [0, 0.05) is 19.6 Å². The highest BCUT2D eigenvalue weighted by molar-refractivity contribution is 5.77. The molecule has 0 atom stereocenters. The van der Waals surface area contributed by atoms with Crippen LogP contribution >= 0.6 is 0 Å². The lowest BCUT2D eigenvalue weighted by molar-refractivity contribution is -0.129. The molecule has 0 aliphatic rings. The molecular weight excluding hydrogens is 188 g/mol. The van der Waals surface area contributed by atoms with E-state index < -0.39 is 0 Å². The maximum absolute atomic E-state index is 11.6. The summed E-state index contributed by atoms with van der Waals surface area (Å²) in [7, 11) is 1.87. The fraction of sp³-hybridized carbons (Fsp3) is 0.917. The van der Waals surface area contributed by atoms with Crippen molar-refractivity contribution < 1.29 is 4.79 Å². The van der Waals surface area contributed by atoms with Gasteiger partial charge in [-0.3, -0.25) is 4.79 Å². The molecule has 90 valence electrons. The van der Waals surface area contributed by atoms with Gasteiger partial charge in [0.05, 0.1) is 6.54 Å². The molecule has 0 aromatic carbocycles. The van der Waals surface area contributed by atoms with Crippen molar-refractivity contribution in [3.8, 4) is 0 Å². The van der Waals surface area contributed by atoms with Crippen molar-refractivity contribution in [2.75, 3.05) is 20.1 Å². The van der Waals surface area contributed by atoms with Crippen LogP contribution in [0.4, 0.5) is 0 Å². The molecule has 0 fully saturated rings. The second-order valence-electron chi connectivity index (χ2n) is 5.66. The summed E-state index contributed by atoms with van der Waals surface area (Å²) in [6, 6.07) is 0.366. The average Bonchev–Trinajstić information content (AvgIpc) is 2.08. The van der Waals surface area contributed by atoms with E-state index in [0.29, 0.717) is 18.0 Å². The Morgan fingerprint density at radius 3 is 2.27 bits per heavy atom. The molecule has 0 unspecified atom stereocenters. The van der Waals surface area contributed by atoms with Crippen LogP contribution in [0.15, 0.2) is 0 Å². The Balaban J connectivity index is 3.79. The molecule has 1 amide bonds. The third kappa shape index (κ3) is 8.43. The summed E-state index contributed by atoms with van der Waals surface area (Å²) in [5, 5.41) is 3.13. The van der Waals surface area contributed by atoms with Gasteiger partial charge in [-0.2, -0.15) is 0 Å². The second-order valence-corrected chi connectivity index (χ2v) is 5.66. The summed E-state index contributed by atoms with van der Waals surface area (Å²) < 4.78 is 0. The van der Waals surface area contributed by atoms with Gasteiger partial charge in [-0.05, 0) is 11.8 Å². The lowest BCUT2D eigenvalue weighted by Crippen LogP contribution is -2.39. The van der Waals surface area contributed by atoms with E-state index in [2.05, 4.69) is 26.1 Å². The van der Waals surface area contributed by atoms with Crippen molar-refractivity contribution in [2.24, 2.45) is 5.41 Å². The van der Waals surface area contributed by atoms with Crippen LogP contribution in [0, 0.1) is 5.41 Å². The van der Waals surface area contributed by atoms with Crippen molar-refractivity contribution in [3.63, 3.8) is 0 Å². The molecule has 0 aliphatic carbocycles. The Labute approximate surface area is 94.2 Å². The van der Waals surface area contributed by atoms with Crippen molar-refractivity contribution in [3.05, 3.63) is 0 Å². The van der Waals surface area contributed by atoms with E-state index in [1.54, 1.807) is 4.90 Å². The summed E-state index contributed by atoms with van der Waals surface area (Å²) >= 11 is 0. The van der Waals surface area contributed by atoms with E-state index in [4.69, 9.17) is 0 Å². The van der Waals surface area contributed by atoms with E-state index in [1.165, 1.54) is 0 Å². The maximum Gasteiger partial charge on any atom is 0.236 e. The minimum Gasteiger partial charge on any atom is -0.345 e. The fourth-order valence-electron chi connectivity index (χ4n) is 1.05. The number of nitrogens with zero attached hydrogens (tertiary/aromatic N) is 1. The second kappa shape index (κ2) is 6.11. The molecule has 1 N–H and O–H groups in total. The van der Waals surface area contributed by atoms with Crippen molar-refractivity contribution in [1.82, 2.24) is 10.2 Å². The number of hydrogen-bond acceptors (Lipinski definition) is 2. The lowest BCUT2D eigenvalue weighted by atomic mass is 9.92. The molecule has 15 heavy (non-hydrogen) atoms. The van der Waals surface area contributed by atoms with Crippen LogP contribution in [0.5, 0.6) is 0 Å². The van der Waals surface area contributed by atoms with Crippen LogP contribution in [-0.4, -0.2) is 37.0 Å². The number of rotatable bonds is 5. The molecule has 0 saturated heterocycles. The monoisotopic (exact) mass is 214 g/mol. The number of hydrogen-bond donors (Lipinski definition) is 1. The first-order valence-electron chi connectivity index (χ1n) is 5.70. The summed E-state index contributed by atoms with van der Waals surface area (Å²) in [6.07, 6.45) is 1.04. The van der Waals surface area contributed by atoms with Gasteiger partial charge < -0.3 is 10.2 Å². The topological polar surface area (TPSA) is 32.3 Å². The van der Waals surface area contributed by atoms with Gasteiger partial charge in [0.2, 0.25) is 5.91 Å². The Morgan fingerprint density at radius 1 is 1.33 bits per heavy atom. The zero-order chi connectivity index (χ0) is 12.1. The molecular formula is C12H26N2O. The Kier molecular flexibility index (Phi) is 5.88. The Bertz CT molecular complexity index is 194. The minimum atomic E-state index is 0.174. The first-order valence-corrected chi connectivity index (χ1v) is 5.70. The number of amides is 1. The van der Waals surface area contributed by atoms with Gasteiger partial charge in [-0.1, -0.05) is 34.6 Å². The van der Waals surface area contributed by atoms with E-state index in [0.717, 1.165) is 13.0 Å². The normalized spacial score (nSPS) is 11.9. The van der Waals surface area contributed by atoms with Gasteiger partial charge in [-0.25, -0.2) is 0 Å². The molecule has 0 bridgehead atoms. The predicted molar refractivity (Wildman–Crippen MR) is 64.8 cm³/mol. The van der Waals surface area contributed by atoms with Crippen molar-refractivity contribution in [1.29, 1.82) is 0 Å². The summed E-state index contributed by atoms with van der Waals surface area (Å²) in [6.45, 7) is 11.9. The highest BCUT2D eigenvalue weighted by Crippen LogP contribution is 2.18. The first kappa shape index (κ1) is 14.4. The summed E-state index contributed by atoms with van der Waals surface area (Å²) in [5.74, 6) is 0.174. The third-order valence-corrected chi connectivity index (χ3v) is 2.28. The van der Waals surface area contributed by atoms with Crippen LogP contribution in [-0.2, 0) is 4.79 Å². The highest BCUT2D eigenvalue weighted by atomic mass is 16.2. The minimum absolute atomic E-state index is 0.174. The van der Waals surface area contributed by atoms with Crippen LogP contribution in [0.1, 0.15) is 41.0 Å². The smallest absolute Gasteiger partial charge is 0.236 e. The van der Waals surface area contributed by atoms with Crippen LogP contribution < -0.4 is 5.32 Å². The van der Waals surface area contributed by atoms with Crippen molar-refractivity contribution >= 4 is 5.91 Å². The van der Waals surface area contributed by atoms with Crippen molar-refractivity contribution in [2.45, 2.75) is 47.1 Å². The molecule has 0 heterocycles. The molecule has 0 aromatic rings. The quantitative estimate of drug-likeness (QED) is 0.758. The van der Waals surface area contributed by atoms with E-state index >= 15 is 0 Å². The fourth-order valence-corrected chi connectivity index (χ4v) is 1.05. The van der Waals surface area contributed by atoms with Crippen LogP contribution in [0.25, 0.3) is 0 Å². The molecule has 0 rings (SSSR count). The van der Waals surface area contributed by atoms with E-state index in [-0.39, 0.29) is 5.91 Å². The SMILES string of the molecule is CC(C)NCC(=O)N(C)CCC(C)(C)C. The average molecular weight is 214 g/mol. The maximum atomic E-state index is 11.6. The standard InChI is InChI=1S/C12H26N2O/c1-10(2)13-9-11(15)14(6)8-7-12(3,4)5/h10,13H,7-9H2,1-6H3. The molecule has 0 saturated carbocycles. The summed E-state index contributed by atoms with van der Waals surface area (Å²) in [5.41, 5.74) is 0.292.